The first kappa shape index (κ1) is 9.64. The molecule has 0 aliphatic rings. The lowest BCUT2D eigenvalue weighted by Gasteiger charge is -2.03. The Morgan fingerprint density at radius 2 is 2.27 bits per heavy atom. The van der Waals surface area contributed by atoms with E-state index in [1.807, 2.05) is 17.6 Å². The molecule has 0 radical (unpaired) electrons. The van der Waals surface area contributed by atoms with Crippen molar-refractivity contribution in [2.75, 3.05) is 5.73 Å². The van der Waals surface area contributed by atoms with Crippen LogP contribution in [0.4, 0.5) is 5.82 Å². The molecule has 0 fully saturated rings. The summed E-state index contributed by atoms with van der Waals surface area (Å²) in [6, 6.07) is 1.90. The van der Waals surface area contributed by atoms with Gasteiger partial charge in [-0.1, -0.05) is 0 Å². The number of hydrogen-bond acceptors (Lipinski definition) is 4. The average molecular weight is 204 g/mol. The van der Waals surface area contributed by atoms with E-state index < -0.39 is 0 Å². The number of nitrogens with zero attached hydrogens (tertiary/aromatic N) is 3. The van der Waals surface area contributed by atoms with Gasteiger partial charge in [0, 0.05) is 5.69 Å². The number of carbonyl (C=O) groups excluding carboxylic acids is 1. The van der Waals surface area contributed by atoms with Crippen LogP contribution in [0.1, 0.15) is 12.6 Å². The highest BCUT2D eigenvalue weighted by Gasteiger charge is 2.10. The van der Waals surface area contributed by atoms with Crippen molar-refractivity contribution in [2.45, 2.75) is 20.4 Å². The Morgan fingerprint density at radius 1 is 1.53 bits per heavy atom. The molecule has 0 amide bonds. The molecule has 0 atom stereocenters. The van der Waals surface area contributed by atoms with Crippen LogP contribution in [-0.2, 0) is 11.3 Å². The van der Waals surface area contributed by atoms with Gasteiger partial charge in [0.15, 0.2) is 0 Å². The van der Waals surface area contributed by atoms with E-state index in [9.17, 15) is 4.79 Å². The first-order chi connectivity index (χ1) is 7.09. The summed E-state index contributed by atoms with van der Waals surface area (Å²) in [5.41, 5.74) is 7.40. The first-order valence-corrected chi connectivity index (χ1v) is 4.65. The minimum atomic E-state index is 0.0905. The highest BCUT2D eigenvalue weighted by molar-refractivity contribution is 5.88. The zero-order chi connectivity index (χ0) is 11.0. The number of nitrogen functional groups attached to an aromatic ring is 1. The average Bonchev–Trinajstić information content (AvgIpc) is 2.45. The van der Waals surface area contributed by atoms with Gasteiger partial charge >= 0.3 is 0 Å². The molecule has 78 valence electrons. The van der Waals surface area contributed by atoms with Crippen molar-refractivity contribution in [3.05, 3.63) is 18.1 Å². The quantitative estimate of drug-likeness (QED) is 0.789. The van der Waals surface area contributed by atoms with Crippen LogP contribution in [0.2, 0.25) is 0 Å². The van der Waals surface area contributed by atoms with Gasteiger partial charge in [0.2, 0.25) is 0 Å². The Kier molecular flexibility index (Phi) is 2.15. The van der Waals surface area contributed by atoms with E-state index in [1.54, 1.807) is 6.92 Å². The summed E-state index contributed by atoms with van der Waals surface area (Å²) in [7, 11) is 0. The van der Waals surface area contributed by atoms with Gasteiger partial charge in [0.1, 0.15) is 23.6 Å². The molecular weight excluding hydrogens is 192 g/mol. The van der Waals surface area contributed by atoms with E-state index in [-0.39, 0.29) is 5.78 Å². The molecule has 0 aromatic carbocycles. The Balaban J connectivity index is 2.68. The van der Waals surface area contributed by atoms with Gasteiger partial charge in [-0.05, 0) is 19.9 Å². The normalized spacial score (nSPS) is 10.8. The molecule has 0 saturated carbocycles. The van der Waals surface area contributed by atoms with Crippen molar-refractivity contribution in [1.82, 2.24) is 14.5 Å². The Hall–Kier alpha value is -1.91. The molecule has 0 unspecified atom stereocenters. The summed E-state index contributed by atoms with van der Waals surface area (Å²) in [6.45, 7) is 3.80. The van der Waals surface area contributed by atoms with Crippen LogP contribution in [0.3, 0.4) is 0 Å². The van der Waals surface area contributed by atoms with Crippen LogP contribution in [-0.4, -0.2) is 20.3 Å². The van der Waals surface area contributed by atoms with Crippen molar-refractivity contribution in [1.29, 1.82) is 0 Å². The molecule has 2 aromatic rings. The van der Waals surface area contributed by atoms with Crippen molar-refractivity contribution >= 4 is 22.6 Å². The number of aromatic nitrogens is 3. The van der Waals surface area contributed by atoms with Crippen LogP contribution in [0.15, 0.2) is 12.4 Å². The zero-order valence-corrected chi connectivity index (χ0v) is 8.69. The fourth-order valence-electron chi connectivity index (χ4n) is 1.63. The monoisotopic (exact) mass is 204 g/mol. The van der Waals surface area contributed by atoms with Crippen molar-refractivity contribution in [2.24, 2.45) is 0 Å². The summed E-state index contributed by atoms with van der Waals surface area (Å²) in [4.78, 5) is 19.1. The van der Waals surface area contributed by atoms with Crippen LogP contribution in [0, 0.1) is 6.92 Å². The van der Waals surface area contributed by atoms with E-state index in [2.05, 4.69) is 9.97 Å². The predicted molar refractivity (Wildman–Crippen MR) is 57.4 cm³/mol. The maximum Gasteiger partial charge on any atom is 0.149 e. The smallest absolute Gasteiger partial charge is 0.149 e. The SMILES string of the molecule is CC(=O)Cn1c(C)cc2c(N)ncnc21. The summed E-state index contributed by atoms with van der Waals surface area (Å²) < 4.78 is 1.84. The molecule has 15 heavy (non-hydrogen) atoms. The highest BCUT2D eigenvalue weighted by atomic mass is 16.1. The molecule has 2 aromatic heterocycles. The van der Waals surface area contributed by atoms with Gasteiger partial charge in [0.25, 0.3) is 0 Å². The van der Waals surface area contributed by atoms with Gasteiger partial charge in [-0.25, -0.2) is 9.97 Å². The van der Waals surface area contributed by atoms with E-state index in [0.29, 0.717) is 12.4 Å². The predicted octanol–water partition coefficient (Wildman–Crippen LogP) is 0.911. The molecule has 2 N–H and O–H groups in total. The largest absolute Gasteiger partial charge is 0.383 e. The second kappa shape index (κ2) is 3.34. The summed E-state index contributed by atoms with van der Waals surface area (Å²) in [6.07, 6.45) is 1.41. The number of fused-ring (bicyclic) bond motifs is 1. The van der Waals surface area contributed by atoms with E-state index in [1.165, 1.54) is 6.33 Å². The van der Waals surface area contributed by atoms with Crippen molar-refractivity contribution < 1.29 is 4.79 Å². The number of carbonyl (C=O) groups is 1. The number of nitrogens with two attached hydrogens (primary N) is 1. The number of Topliss-reactive ketones (excluding diaryl/α,β-unsaturated/α-hetero) is 1. The summed E-state index contributed by atoms with van der Waals surface area (Å²) in [5.74, 6) is 0.540. The van der Waals surface area contributed by atoms with Crippen LogP contribution < -0.4 is 5.73 Å². The van der Waals surface area contributed by atoms with Crippen LogP contribution in [0.25, 0.3) is 11.0 Å². The van der Waals surface area contributed by atoms with E-state index in [4.69, 9.17) is 5.73 Å². The zero-order valence-electron chi connectivity index (χ0n) is 8.69. The molecule has 0 aliphatic carbocycles. The topological polar surface area (TPSA) is 73.8 Å². The summed E-state index contributed by atoms with van der Waals surface area (Å²) in [5, 5.41) is 0.802. The van der Waals surface area contributed by atoms with Gasteiger partial charge < -0.3 is 10.3 Å². The number of anilines is 1. The number of aryl methyl sites for hydroxylation is 1. The fraction of sp³-hybridized carbons (Fsp3) is 0.300. The van der Waals surface area contributed by atoms with Gasteiger partial charge in [0.05, 0.1) is 11.9 Å². The first-order valence-electron chi connectivity index (χ1n) is 4.65. The Bertz CT molecular complexity index is 529. The maximum atomic E-state index is 11.1. The Labute approximate surface area is 86.9 Å². The van der Waals surface area contributed by atoms with Crippen LogP contribution >= 0.6 is 0 Å². The third kappa shape index (κ3) is 1.56. The van der Waals surface area contributed by atoms with Gasteiger partial charge in [-0.2, -0.15) is 0 Å². The molecule has 2 rings (SSSR count). The lowest BCUT2D eigenvalue weighted by Crippen LogP contribution is -2.08. The molecular formula is C10H12N4O. The van der Waals surface area contributed by atoms with Gasteiger partial charge in [-0.3, -0.25) is 4.79 Å². The van der Waals surface area contributed by atoms with Crippen LogP contribution in [0.5, 0.6) is 0 Å². The lowest BCUT2D eigenvalue weighted by atomic mass is 10.3. The number of hydrogen-bond donors (Lipinski definition) is 1. The number of rotatable bonds is 2. The standard InChI is InChI=1S/C10H12N4O/c1-6-3-8-9(11)12-5-13-10(8)14(6)4-7(2)15/h3,5H,4H2,1-2H3,(H2,11,12,13). The third-order valence-electron chi connectivity index (χ3n) is 2.31. The van der Waals surface area contributed by atoms with Crippen molar-refractivity contribution in [3.8, 4) is 0 Å². The van der Waals surface area contributed by atoms with E-state index >= 15 is 0 Å². The second-order valence-corrected chi connectivity index (χ2v) is 3.57. The lowest BCUT2D eigenvalue weighted by molar-refractivity contribution is -0.117. The minimum absolute atomic E-state index is 0.0905. The molecule has 5 heteroatoms. The number of ketones is 1. The molecule has 2 heterocycles. The minimum Gasteiger partial charge on any atom is -0.383 e. The molecule has 0 aliphatic heterocycles. The molecule has 0 saturated heterocycles. The highest BCUT2D eigenvalue weighted by Crippen LogP contribution is 2.20. The fourth-order valence-corrected chi connectivity index (χ4v) is 1.63. The van der Waals surface area contributed by atoms with Crippen molar-refractivity contribution in [3.63, 3.8) is 0 Å². The maximum absolute atomic E-state index is 11.1. The second-order valence-electron chi connectivity index (χ2n) is 3.57. The van der Waals surface area contributed by atoms with E-state index in [0.717, 1.165) is 16.7 Å². The third-order valence-corrected chi connectivity index (χ3v) is 2.31. The molecule has 0 spiro atoms. The Morgan fingerprint density at radius 3 is 2.93 bits per heavy atom. The molecule has 0 bridgehead atoms. The molecule has 5 nitrogen and oxygen atoms in total. The summed E-state index contributed by atoms with van der Waals surface area (Å²) >= 11 is 0. The van der Waals surface area contributed by atoms with Gasteiger partial charge in [-0.15, -0.1) is 0 Å².